The molecule has 33 heavy (non-hydrogen) atoms. The fraction of sp³-hybridized carbons (Fsp3) is 0.571. The number of aromatic nitrogens is 2. The van der Waals surface area contributed by atoms with Gasteiger partial charge in [0.1, 0.15) is 17.2 Å². The van der Waals surface area contributed by atoms with Gasteiger partial charge in [-0.15, -0.1) is 13.2 Å². The van der Waals surface area contributed by atoms with Crippen LogP contribution < -0.4 is 9.64 Å². The molecule has 0 N–H and O–H groups in total. The van der Waals surface area contributed by atoms with E-state index in [-0.39, 0.29) is 27.0 Å². The van der Waals surface area contributed by atoms with Crippen molar-refractivity contribution in [3.8, 4) is 5.75 Å². The maximum atomic E-state index is 12.8. The third-order valence-electron chi connectivity index (χ3n) is 5.76. The molecular weight excluding hydrogens is 529 g/mol. The van der Waals surface area contributed by atoms with Crippen LogP contribution in [0, 0.1) is 5.41 Å². The van der Waals surface area contributed by atoms with E-state index in [1.165, 1.54) is 12.1 Å². The molecule has 4 rings (SSSR count). The number of hydrogen-bond donors (Lipinski definition) is 0. The first kappa shape index (κ1) is 24.1. The van der Waals surface area contributed by atoms with Gasteiger partial charge in [0.2, 0.25) is 5.28 Å². The Morgan fingerprint density at radius 2 is 1.79 bits per heavy atom. The number of alkyl halides is 3. The normalized spacial score (nSPS) is 18.4. The average Bonchev–Trinajstić information content (AvgIpc) is 2.64. The first-order chi connectivity index (χ1) is 15.2. The first-order valence-corrected chi connectivity index (χ1v) is 11.6. The highest BCUT2D eigenvalue weighted by molar-refractivity contribution is 9.10. The molecule has 1 aromatic carbocycles. The lowest BCUT2D eigenvalue weighted by Crippen LogP contribution is -2.62. The Morgan fingerprint density at radius 3 is 2.36 bits per heavy atom. The number of carbonyl (C=O) groups excluding carboxylic acids is 1. The summed E-state index contributed by atoms with van der Waals surface area (Å²) in [6.45, 7) is 7.99. The second-order valence-corrected chi connectivity index (χ2v) is 10.7. The Morgan fingerprint density at radius 1 is 1.15 bits per heavy atom. The Bertz CT molecular complexity index is 1080. The van der Waals surface area contributed by atoms with E-state index in [1.807, 2.05) is 25.7 Å². The Labute approximate surface area is 202 Å². The molecule has 7 nitrogen and oxygen atoms in total. The number of ether oxygens (including phenoxy) is 2. The zero-order valence-electron chi connectivity index (χ0n) is 18.3. The third-order valence-corrected chi connectivity index (χ3v) is 6.54. The van der Waals surface area contributed by atoms with Crippen molar-refractivity contribution in [2.24, 2.45) is 5.41 Å². The number of fused-ring (bicyclic) bond motifs is 1. The third kappa shape index (κ3) is 5.40. The van der Waals surface area contributed by atoms with Gasteiger partial charge >= 0.3 is 12.5 Å². The molecule has 0 aliphatic carbocycles. The highest BCUT2D eigenvalue weighted by Crippen LogP contribution is 2.43. The van der Waals surface area contributed by atoms with Gasteiger partial charge in [-0.1, -0.05) is 0 Å². The van der Waals surface area contributed by atoms with Crippen LogP contribution in [0.3, 0.4) is 0 Å². The van der Waals surface area contributed by atoms with Crippen LogP contribution in [0.4, 0.5) is 23.8 Å². The molecule has 1 amide bonds. The van der Waals surface area contributed by atoms with Gasteiger partial charge in [-0.2, -0.15) is 4.98 Å². The number of piperidine rings is 1. The lowest BCUT2D eigenvalue weighted by Gasteiger charge is -2.53. The number of halogens is 5. The van der Waals surface area contributed by atoms with Gasteiger partial charge in [0, 0.05) is 37.0 Å². The summed E-state index contributed by atoms with van der Waals surface area (Å²) in [5.41, 5.74) is -0.125. The molecule has 12 heteroatoms. The van der Waals surface area contributed by atoms with Gasteiger partial charge in [-0.25, -0.2) is 9.78 Å². The van der Waals surface area contributed by atoms with Gasteiger partial charge < -0.3 is 19.3 Å². The number of rotatable bonds is 2. The quantitative estimate of drug-likeness (QED) is 0.441. The number of carbonyl (C=O) groups is 1. The van der Waals surface area contributed by atoms with Crippen LogP contribution in [0.15, 0.2) is 16.6 Å². The van der Waals surface area contributed by atoms with Crippen LogP contribution in [0.25, 0.3) is 10.9 Å². The van der Waals surface area contributed by atoms with Crippen LogP contribution >= 0.6 is 27.5 Å². The second kappa shape index (κ2) is 8.33. The summed E-state index contributed by atoms with van der Waals surface area (Å²) >= 11 is 9.21. The average molecular weight is 552 g/mol. The molecule has 1 spiro atoms. The monoisotopic (exact) mass is 550 g/mol. The lowest BCUT2D eigenvalue weighted by molar-refractivity contribution is -0.274. The molecule has 0 bridgehead atoms. The molecule has 180 valence electrons. The van der Waals surface area contributed by atoms with Crippen LogP contribution in [0.5, 0.6) is 5.75 Å². The van der Waals surface area contributed by atoms with E-state index in [9.17, 15) is 18.0 Å². The highest BCUT2D eigenvalue weighted by Gasteiger charge is 2.48. The zero-order chi connectivity index (χ0) is 24.2. The van der Waals surface area contributed by atoms with E-state index in [0.717, 1.165) is 12.8 Å². The van der Waals surface area contributed by atoms with Crippen LogP contribution in [0.1, 0.15) is 33.6 Å². The van der Waals surface area contributed by atoms with Crippen molar-refractivity contribution in [2.75, 3.05) is 31.1 Å². The number of amides is 1. The Kier molecular flexibility index (Phi) is 6.09. The topological polar surface area (TPSA) is 67.8 Å². The summed E-state index contributed by atoms with van der Waals surface area (Å²) in [5.74, 6) is 0.0883. The Hall–Kier alpha value is -2.01. The minimum Gasteiger partial charge on any atom is -0.444 e. The molecule has 2 aliphatic rings. The fourth-order valence-corrected chi connectivity index (χ4v) is 4.84. The molecule has 2 aliphatic heterocycles. The molecule has 1 aromatic heterocycles. The summed E-state index contributed by atoms with van der Waals surface area (Å²) in [7, 11) is 0. The van der Waals surface area contributed by atoms with E-state index in [0.29, 0.717) is 42.9 Å². The van der Waals surface area contributed by atoms with E-state index in [4.69, 9.17) is 16.3 Å². The minimum atomic E-state index is -4.83. The van der Waals surface area contributed by atoms with Crippen molar-refractivity contribution >= 4 is 50.3 Å². The van der Waals surface area contributed by atoms with Gasteiger partial charge in [0.05, 0.1) is 9.99 Å². The molecule has 2 saturated heterocycles. The second-order valence-electron chi connectivity index (χ2n) is 9.49. The highest BCUT2D eigenvalue weighted by atomic mass is 79.9. The van der Waals surface area contributed by atoms with Crippen LogP contribution in [-0.2, 0) is 4.74 Å². The summed E-state index contributed by atoms with van der Waals surface area (Å²) in [6.07, 6.45) is -3.53. The summed E-state index contributed by atoms with van der Waals surface area (Å²) < 4.78 is 48.1. The molecular formula is C21H23BrClF3N4O3. The first-order valence-electron chi connectivity index (χ1n) is 10.4. The van der Waals surface area contributed by atoms with Crippen molar-refractivity contribution in [2.45, 2.75) is 45.6 Å². The van der Waals surface area contributed by atoms with Crippen molar-refractivity contribution < 1.29 is 27.4 Å². The standard InChI is InChI=1S/C21H23BrClF3N4O3/c1-19(2,3)33-18(31)30-10-20(11-30)4-6-29(7-5-20)16-12-8-15(32-21(24,25)26)13(22)9-14(12)27-17(23)28-16/h8-9H,4-7,10-11H2,1-3H3. The van der Waals surface area contributed by atoms with E-state index < -0.39 is 12.0 Å². The maximum Gasteiger partial charge on any atom is 0.573 e. The van der Waals surface area contributed by atoms with Gasteiger partial charge in [-0.05, 0) is 73.3 Å². The molecule has 2 aromatic rings. The maximum absolute atomic E-state index is 12.8. The van der Waals surface area contributed by atoms with E-state index in [1.54, 1.807) is 4.90 Å². The number of anilines is 1. The molecule has 0 saturated carbocycles. The fourth-order valence-electron chi connectivity index (χ4n) is 4.26. The van der Waals surface area contributed by atoms with E-state index >= 15 is 0 Å². The predicted octanol–water partition coefficient (Wildman–Crippen LogP) is 5.78. The van der Waals surface area contributed by atoms with Crippen molar-refractivity contribution in [3.63, 3.8) is 0 Å². The number of nitrogens with zero attached hydrogens (tertiary/aromatic N) is 4. The van der Waals surface area contributed by atoms with E-state index in [2.05, 4.69) is 30.6 Å². The number of likely N-dealkylation sites (tertiary alicyclic amines) is 1. The molecule has 3 heterocycles. The zero-order valence-corrected chi connectivity index (χ0v) is 20.6. The van der Waals surface area contributed by atoms with Crippen molar-refractivity contribution in [1.29, 1.82) is 0 Å². The molecule has 0 atom stereocenters. The predicted molar refractivity (Wildman–Crippen MR) is 121 cm³/mol. The van der Waals surface area contributed by atoms with Crippen molar-refractivity contribution in [1.82, 2.24) is 14.9 Å². The molecule has 0 radical (unpaired) electrons. The van der Waals surface area contributed by atoms with Crippen LogP contribution in [0.2, 0.25) is 5.28 Å². The number of hydrogen-bond acceptors (Lipinski definition) is 6. The largest absolute Gasteiger partial charge is 0.573 e. The van der Waals surface area contributed by atoms with Crippen LogP contribution in [-0.4, -0.2) is 59.1 Å². The SMILES string of the molecule is CC(C)(C)OC(=O)N1CC2(CCN(c3nc(Cl)nc4cc(Br)c(OC(F)(F)F)cc34)CC2)C1. The molecule has 2 fully saturated rings. The summed E-state index contributed by atoms with van der Waals surface area (Å²) in [6, 6.07) is 2.71. The van der Waals surface area contributed by atoms with Crippen molar-refractivity contribution in [3.05, 3.63) is 21.9 Å². The molecule has 0 unspecified atom stereocenters. The van der Waals surface area contributed by atoms with Gasteiger partial charge in [-0.3, -0.25) is 0 Å². The van der Waals surface area contributed by atoms with Gasteiger partial charge in [0.15, 0.2) is 0 Å². The Balaban J connectivity index is 1.50. The summed E-state index contributed by atoms with van der Waals surface area (Å²) in [5, 5.41) is 0.427. The lowest BCUT2D eigenvalue weighted by atomic mass is 9.72. The minimum absolute atomic E-state index is 0.00756. The summed E-state index contributed by atoms with van der Waals surface area (Å²) in [4.78, 5) is 24.4. The van der Waals surface area contributed by atoms with Gasteiger partial charge in [0.25, 0.3) is 0 Å². The number of benzene rings is 1. The smallest absolute Gasteiger partial charge is 0.444 e.